The number of nitrogens with one attached hydrogen (secondary N) is 1. The Morgan fingerprint density at radius 3 is 1.50 bits per heavy atom. The molecule has 0 aromatic heterocycles. The van der Waals surface area contributed by atoms with Crippen LogP contribution in [0, 0.1) is 0 Å². The number of carbonyl (C=O) groups excluding carboxylic acids is 1. The van der Waals surface area contributed by atoms with Crippen molar-refractivity contribution < 1.29 is 39.8 Å². The summed E-state index contributed by atoms with van der Waals surface area (Å²) in [6, 6.07) is -0.814. The molecule has 0 aromatic rings. The van der Waals surface area contributed by atoms with E-state index in [2.05, 4.69) is 31.3 Å². The Bertz CT molecular complexity index is 930. The minimum atomic E-state index is -1.57. The van der Waals surface area contributed by atoms with E-state index >= 15 is 0 Å². The van der Waals surface area contributed by atoms with Crippen LogP contribution in [-0.4, -0.2) is 87.5 Å². The molecule has 1 saturated heterocycles. The minimum absolute atomic E-state index is 0.196. The van der Waals surface area contributed by atoms with Gasteiger partial charge in [0.1, 0.15) is 24.4 Å². The second-order valence-electron chi connectivity index (χ2n) is 16.5. The minimum Gasteiger partial charge on any atom is -0.394 e. The van der Waals surface area contributed by atoms with Gasteiger partial charge in [-0.15, -0.1) is 0 Å². The van der Waals surface area contributed by atoms with Gasteiger partial charge < -0.3 is 40.3 Å². The maximum atomic E-state index is 12.8. The molecule has 1 aliphatic heterocycles. The topological polar surface area (TPSA) is 149 Å². The molecular formula is C47H89NO8. The summed E-state index contributed by atoms with van der Waals surface area (Å²) in [5.74, 6) is -0.196. The quantitative estimate of drug-likeness (QED) is 0.0266. The summed E-state index contributed by atoms with van der Waals surface area (Å²) in [4.78, 5) is 12.8. The largest absolute Gasteiger partial charge is 0.394 e. The van der Waals surface area contributed by atoms with Crippen LogP contribution in [-0.2, 0) is 14.3 Å². The fourth-order valence-electron chi connectivity index (χ4n) is 7.47. The van der Waals surface area contributed by atoms with E-state index in [9.17, 15) is 30.3 Å². The third kappa shape index (κ3) is 28.2. The molecule has 0 aromatic carbocycles. The molecule has 1 aliphatic rings. The molecule has 56 heavy (non-hydrogen) atoms. The van der Waals surface area contributed by atoms with Crippen molar-refractivity contribution in [1.29, 1.82) is 0 Å². The van der Waals surface area contributed by atoms with E-state index in [1.807, 2.05) is 6.08 Å². The zero-order valence-corrected chi connectivity index (χ0v) is 36.1. The van der Waals surface area contributed by atoms with Gasteiger partial charge in [-0.1, -0.05) is 199 Å². The van der Waals surface area contributed by atoms with Crippen LogP contribution in [0.4, 0.5) is 0 Å². The van der Waals surface area contributed by atoms with Crippen molar-refractivity contribution in [1.82, 2.24) is 5.32 Å². The zero-order valence-electron chi connectivity index (χ0n) is 36.1. The highest BCUT2D eigenvalue weighted by molar-refractivity contribution is 5.76. The highest BCUT2D eigenvalue weighted by Crippen LogP contribution is 2.23. The number of carbonyl (C=O) groups is 1. The lowest BCUT2D eigenvalue weighted by molar-refractivity contribution is -0.302. The summed E-state index contributed by atoms with van der Waals surface area (Å²) in [5, 5.41) is 53.9. The van der Waals surface area contributed by atoms with Crippen LogP contribution in [0.25, 0.3) is 0 Å². The van der Waals surface area contributed by atoms with Crippen molar-refractivity contribution in [3.8, 4) is 0 Å². The number of hydrogen-bond acceptors (Lipinski definition) is 8. The molecule has 330 valence electrons. The number of aliphatic hydroxyl groups is 5. The second-order valence-corrected chi connectivity index (χ2v) is 16.5. The summed E-state index contributed by atoms with van der Waals surface area (Å²) in [6.45, 7) is 3.69. The van der Waals surface area contributed by atoms with E-state index in [-0.39, 0.29) is 12.5 Å². The molecule has 1 fully saturated rings. The maximum Gasteiger partial charge on any atom is 0.220 e. The van der Waals surface area contributed by atoms with E-state index in [1.165, 1.54) is 141 Å². The number of unbranched alkanes of at least 4 members (excludes halogenated alkanes) is 27. The van der Waals surface area contributed by atoms with Crippen LogP contribution < -0.4 is 5.32 Å². The second kappa shape index (κ2) is 37.9. The van der Waals surface area contributed by atoms with Crippen LogP contribution in [0.5, 0.6) is 0 Å². The first kappa shape index (κ1) is 52.7. The van der Waals surface area contributed by atoms with Crippen LogP contribution in [0.1, 0.15) is 213 Å². The molecule has 6 N–H and O–H groups in total. The summed E-state index contributed by atoms with van der Waals surface area (Å²) in [6.07, 6.45) is 38.6. The Hall–Kier alpha value is -1.33. The van der Waals surface area contributed by atoms with Gasteiger partial charge >= 0.3 is 0 Å². The first-order valence-corrected chi connectivity index (χ1v) is 23.6. The summed E-state index contributed by atoms with van der Waals surface area (Å²) < 4.78 is 11.1. The van der Waals surface area contributed by atoms with Gasteiger partial charge in [-0.05, 0) is 32.1 Å². The standard InChI is InChI=1S/C47H89NO8/c1-3-5-7-9-11-12-13-14-15-16-17-18-19-20-21-22-23-24-25-26-27-28-29-30-31-32-34-36-41(50)40(48-43(51)37-35-33-10-8-6-4-2)39-55-47-46(54)45(53)44(52)42(38-49)56-47/h29-30,34,36,40-42,44-47,49-50,52-54H,3-28,31-33,35,37-39H2,1-2H3,(H,48,51)/b30-29+,36-34+. The lowest BCUT2D eigenvalue weighted by atomic mass is 9.99. The molecule has 9 nitrogen and oxygen atoms in total. The Labute approximate surface area is 343 Å². The van der Waals surface area contributed by atoms with E-state index < -0.39 is 49.5 Å². The van der Waals surface area contributed by atoms with E-state index in [4.69, 9.17) is 9.47 Å². The molecule has 0 spiro atoms. The normalized spacial score (nSPS) is 21.3. The average molecular weight is 796 g/mol. The van der Waals surface area contributed by atoms with E-state index in [1.54, 1.807) is 6.08 Å². The Morgan fingerprint density at radius 2 is 1.02 bits per heavy atom. The van der Waals surface area contributed by atoms with Crippen molar-refractivity contribution in [2.75, 3.05) is 13.2 Å². The Morgan fingerprint density at radius 1 is 0.589 bits per heavy atom. The third-order valence-corrected chi connectivity index (χ3v) is 11.3. The molecule has 0 aliphatic carbocycles. The Balaban J connectivity index is 2.18. The van der Waals surface area contributed by atoms with E-state index in [0.29, 0.717) is 6.42 Å². The lowest BCUT2D eigenvalue weighted by Crippen LogP contribution is -2.60. The summed E-state index contributed by atoms with van der Waals surface area (Å²) >= 11 is 0. The highest BCUT2D eigenvalue weighted by atomic mass is 16.7. The molecule has 0 bridgehead atoms. The predicted molar refractivity (Wildman–Crippen MR) is 230 cm³/mol. The van der Waals surface area contributed by atoms with Crippen LogP contribution in [0.3, 0.4) is 0 Å². The third-order valence-electron chi connectivity index (χ3n) is 11.3. The average Bonchev–Trinajstić information content (AvgIpc) is 3.20. The van der Waals surface area contributed by atoms with Crippen LogP contribution in [0.15, 0.2) is 24.3 Å². The van der Waals surface area contributed by atoms with Gasteiger partial charge in [0.05, 0.1) is 25.4 Å². The van der Waals surface area contributed by atoms with Crippen molar-refractivity contribution in [3.05, 3.63) is 24.3 Å². The summed E-state index contributed by atoms with van der Waals surface area (Å²) in [7, 11) is 0. The first-order chi connectivity index (χ1) is 27.3. The van der Waals surface area contributed by atoms with Gasteiger partial charge in [0.2, 0.25) is 5.91 Å². The number of amides is 1. The molecular weight excluding hydrogens is 707 g/mol. The maximum absolute atomic E-state index is 12.8. The molecule has 0 radical (unpaired) electrons. The SMILES string of the molecule is CCCCCCCCCCCCCCCCCCCCCCC/C=C/CC/C=C/C(O)C(COC1OC(CO)C(O)C(O)C1O)NC(=O)CCCCCCCC. The van der Waals surface area contributed by atoms with Crippen LogP contribution >= 0.6 is 0 Å². The molecule has 7 atom stereocenters. The molecule has 0 saturated carbocycles. The predicted octanol–water partition coefficient (Wildman–Crippen LogP) is 9.89. The van der Waals surface area contributed by atoms with E-state index in [0.717, 1.165) is 51.4 Å². The van der Waals surface area contributed by atoms with Gasteiger partial charge in [-0.2, -0.15) is 0 Å². The number of aliphatic hydroxyl groups excluding tert-OH is 5. The lowest BCUT2D eigenvalue weighted by Gasteiger charge is -2.40. The zero-order chi connectivity index (χ0) is 40.9. The van der Waals surface area contributed by atoms with Crippen LogP contribution in [0.2, 0.25) is 0 Å². The molecule has 1 rings (SSSR count). The number of ether oxygens (including phenoxy) is 2. The van der Waals surface area contributed by atoms with Crippen molar-refractivity contribution in [3.63, 3.8) is 0 Å². The number of rotatable bonds is 39. The van der Waals surface area contributed by atoms with Gasteiger partial charge in [-0.25, -0.2) is 0 Å². The first-order valence-electron chi connectivity index (χ1n) is 23.6. The van der Waals surface area contributed by atoms with Crippen molar-refractivity contribution in [2.45, 2.75) is 256 Å². The Kier molecular flexibility index (Phi) is 35.7. The van der Waals surface area contributed by atoms with Crippen molar-refractivity contribution in [2.24, 2.45) is 0 Å². The van der Waals surface area contributed by atoms with Gasteiger partial charge in [0.25, 0.3) is 0 Å². The summed E-state index contributed by atoms with van der Waals surface area (Å²) in [5.41, 5.74) is 0. The van der Waals surface area contributed by atoms with Gasteiger partial charge in [-0.3, -0.25) is 4.79 Å². The molecule has 1 amide bonds. The van der Waals surface area contributed by atoms with Gasteiger partial charge in [0.15, 0.2) is 6.29 Å². The smallest absolute Gasteiger partial charge is 0.220 e. The monoisotopic (exact) mass is 796 g/mol. The van der Waals surface area contributed by atoms with Crippen molar-refractivity contribution >= 4 is 5.91 Å². The number of hydrogen-bond donors (Lipinski definition) is 6. The molecule has 1 heterocycles. The fourth-order valence-corrected chi connectivity index (χ4v) is 7.47. The molecule has 9 heteroatoms. The molecule has 7 unspecified atom stereocenters. The highest BCUT2D eigenvalue weighted by Gasteiger charge is 2.44. The number of allylic oxidation sites excluding steroid dienone is 3. The van der Waals surface area contributed by atoms with Gasteiger partial charge in [0, 0.05) is 6.42 Å². The fraction of sp³-hybridized carbons (Fsp3) is 0.894.